The van der Waals surface area contributed by atoms with Crippen LogP contribution in [0.4, 0.5) is 10.2 Å². The van der Waals surface area contributed by atoms with Gasteiger partial charge in [0, 0.05) is 6.54 Å². The molecule has 1 amide bonds. The van der Waals surface area contributed by atoms with Crippen molar-refractivity contribution in [3.63, 3.8) is 0 Å². The van der Waals surface area contributed by atoms with Crippen LogP contribution in [0.25, 0.3) is 0 Å². The molecule has 110 valence electrons. The zero-order valence-corrected chi connectivity index (χ0v) is 12.2. The number of halogens is 2. The number of aryl methyl sites for hydroxylation is 1. The van der Waals surface area contributed by atoms with Crippen LogP contribution >= 0.6 is 11.6 Å². The van der Waals surface area contributed by atoms with Gasteiger partial charge >= 0.3 is 0 Å². The molecule has 0 atom stereocenters. The van der Waals surface area contributed by atoms with E-state index in [1.165, 1.54) is 24.3 Å². The second-order valence-electron chi connectivity index (χ2n) is 4.64. The number of benzene rings is 1. The highest BCUT2D eigenvalue weighted by atomic mass is 35.5. The molecule has 0 fully saturated rings. The molecule has 0 bridgehead atoms. The van der Waals surface area contributed by atoms with Crippen LogP contribution in [0.2, 0.25) is 5.02 Å². The average Bonchev–Trinajstić information content (AvgIpc) is 2.43. The van der Waals surface area contributed by atoms with Gasteiger partial charge in [0.25, 0.3) is 5.91 Å². The molecule has 2 rings (SSSR count). The quantitative estimate of drug-likeness (QED) is 0.912. The van der Waals surface area contributed by atoms with Gasteiger partial charge in [0.15, 0.2) is 0 Å². The molecule has 0 saturated heterocycles. The van der Waals surface area contributed by atoms with E-state index in [0.29, 0.717) is 13.0 Å². The van der Waals surface area contributed by atoms with Crippen molar-refractivity contribution in [1.29, 1.82) is 0 Å². The summed E-state index contributed by atoms with van der Waals surface area (Å²) in [5, 5.41) is 2.97. The van der Waals surface area contributed by atoms with Gasteiger partial charge in [0.05, 0.1) is 5.02 Å². The third-order valence-corrected chi connectivity index (χ3v) is 3.37. The number of hydrogen-bond acceptors (Lipinski definition) is 3. The average molecular weight is 308 g/mol. The SMILES string of the molecule is Cc1cc(F)ccc1CCNC(=O)c1nc(N)ccc1Cl. The van der Waals surface area contributed by atoms with E-state index in [1.807, 2.05) is 6.92 Å². The molecule has 0 unspecified atom stereocenters. The number of nitrogens with two attached hydrogens (primary N) is 1. The van der Waals surface area contributed by atoms with Gasteiger partial charge in [-0.1, -0.05) is 17.7 Å². The Morgan fingerprint density at radius 1 is 1.38 bits per heavy atom. The van der Waals surface area contributed by atoms with Gasteiger partial charge in [-0.05, 0) is 48.7 Å². The van der Waals surface area contributed by atoms with E-state index in [0.717, 1.165) is 11.1 Å². The lowest BCUT2D eigenvalue weighted by atomic mass is 10.1. The number of hydrogen-bond donors (Lipinski definition) is 2. The number of amides is 1. The van der Waals surface area contributed by atoms with E-state index in [9.17, 15) is 9.18 Å². The van der Waals surface area contributed by atoms with Gasteiger partial charge in [-0.3, -0.25) is 4.79 Å². The van der Waals surface area contributed by atoms with E-state index < -0.39 is 0 Å². The highest BCUT2D eigenvalue weighted by Crippen LogP contribution is 2.15. The van der Waals surface area contributed by atoms with Crippen LogP contribution in [0, 0.1) is 12.7 Å². The number of rotatable bonds is 4. The molecule has 3 N–H and O–H groups in total. The summed E-state index contributed by atoms with van der Waals surface area (Å²) in [5.41, 5.74) is 7.46. The topological polar surface area (TPSA) is 68.0 Å². The Balaban J connectivity index is 1.97. The third kappa shape index (κ3) is 3.92. The minimum atomic E-state index is -0.382. The number of carbonyl (C=O) groups is 1. The van der Waals surface area contributed by atoms with Crippen LogP contribution in [0.5, 0.6) is 0 Å². The number of nitrogen functional groups attached to an aromatic ring is 1. The summed E-state index contributed by atoms with van der Waals surface area (Å²) < 4.78 is 13.0. The third-order valence-electron chi connectivity index (χ3n) is 3.07. The zero-order valence-electron chi connectivity index (χ0n) is 11.5. The summed E-state index contributed by atoms with van der Waals surface area (Å²) in [7, 11) is 0. The highest BCUT2D eigenvalue weighted by molar-refractivity contribution is 6.33. The minimum Gasteiger partial charge on any atom is -0.384 e. The first kappa shape index (κ1) is 15.3. The molecule has 0 spiro atoms. The predicted molar refractivity (Wildman–Crippen MR) is 80.8 cm³/mol. The molecule has 0 aliphatic heterocycles. The number of nitrogens with one attached hydrogen (secondary N) is 1. The molecule has 1 aromatic heterocycles. The second-order valence-corrected chi connectivity index (χ2v) is 5.05. The lowest BCUT2D eigenvalue weighted by molar-refractivity contribution is 0.0949. The van der Waals surface area contributed by atoms with Gasteiger partial charge in [-0.2, -0.15) is 0 Å². The van der Waals surface area contributed by atoms with Gasteiger partial charge in [0.1, 0.15) is 17.3 Å². The molecular formula is C15H15ClFN3O. The standard InChI is InChI=1S/C15H15ClFN3O/c1-9-8-11(17)3-2-10(9)6-7-19-15(21)14-12(16)4-5-13(18)20-14/h2-5,8H,6-7H2,1H3,(H2,18,20)(H,19,21). The molecule has 1 heterocycles. The van der Waals surface area contributed by atoms with Gasteiger partial charge in [-0.25, -0.2) is 9.37 Å². The van der Waals surface area contributed by atoms with Crippen LogP contribution < -0.4 is 11.1 Å². The van der Waals surface area contributed by atoms with E-state index in [-0.39, 0.29) is 28.3 Å². The van der Waals surface area contributed by atoms with E-state index in [1.54, 1.807) is 6.07 Å². The number of nitrogens with zero attached hydrogens (tertiary/aromatic N) is 1. The Kier molecular flexibility index (Phi) is 4.75. The van der Waals surface area contributed by atoms with Crippen molar-refractivity contribution in [2.75, 3.05) is 12.3 Å². The van der Waals surface area contributed by atoms with Crippen LogP contribution in [0.3, 0.4) is 0 Å². The monoisotopic (exact) mass is 307 g/mol. The molecule has 0 saturated carbocycles. The predicted octanol–water partition coefficient (Wildman–Crippen LogP) is 2.74. The first-order valence-electron chi connectivity index (χ1n) is 6.42. The summed E-state index contributed by atoms with van der Waals surface area (Å²) in [5.74, 6) is -0.415. The molecule has 0 aliphatic rings. The molecule has 1 aromatic carbocycles. The summed E-state index contributed by atoms with van der Waals surface area (Å²) in [6, 6.07) is 7.64. The first-order chi connectivity index (χ1) is 9.97. The fourth-order valence-corrected chi connectivity index (χ4v) is 2.14. The first-order valence-corrected chi connectivity index (χ1v) is 6.80. The van der Waals surface area contributed by atoms with Crippen LogP contribution in [-0.2, 0) is 6.42 Å². The molecule has 0 aliphatic carbocycles. The molecule has 21 heavy (non-hydrogen) atoms. The Morgan fingerprint density at radius 3 is 2.86 bits per heavy atom. The molecule has 4 nitrogen and oxygen atoms in total. The largest absolute Gasteiger partial charge is 0.384 e. The molecule has 6 heteroatoms. The second kappa shape index (κ2) is 6.54. The summed E-state index contributed by atoms with van der Waals surface area (Å²) in [6.07, 6.45) is 0.595. The number of carbonyl (C=O) groups excluding carboxylic acids is 1. The Morgan fingerprint density at radius 2 is 2.14 bits per heavy atom. The van der Waals surface area contributed by atoms with Crippen molar-refractivity contribution in [1.82, 2.24) is 10.3 Å². The van der Waals surface area contributed by atoms with E-state index in [2.05, 4.69) is 10.3 Å². The molecule has 0 radical (unpaired) electrons. The van der Waals surface area contributed by atoms with Crippen LogP contribution in [0.15, 0.2) is 30.3 Å². The maximum atomic E-state index is 13.0. The van der Waals surface area contributed by atoms with Crippen molar-refractivity contribution in [3.8, 4) is 0 Å². The normalized spacial score (nSPS) is 10.4. The lowest BCUT2D eigenvalue weighted by Crippen LogP contribution is -2.27. The van der Waals surface area contributed by atoms with Crippen molar-refractivity contribution >= 4 is 23.3 Å². The molecule has 2 aromatic rings. The van der Waals surface area contributed by atoms with Crippen LogP contribution in [-0.4, -0.2) is 17.4 Å². The summed E-state index contributed by atoms with van der Waals surface area (Å²) in [4.78, 5) is 15.9. The maximum absolute atomic E-state index is 13.0. The lowest BCUT2D eigenvalue weighted by Gasteiger charge is -2.08. The van der Waals surface area contributed by atoms with E-state index >= 15 is 0 Å². The fraction of sp³-hybridized carbons (Fsp3) is 0.200. The number of aromatic nitrogens is 1. The van der Waals surface area contributed by atoms with E-state index in [4.69, 9.17) is 17.3 Å². The summed E-state index contributed by atoms with van der Waals surface area (Å²) in [6.45, 7) is 2.23. The Bertz CT molecular complexity index is 676. The Labute approximate surface area is 127 Å². The van der Waals surface area contributed by atoms with Gasteiger partial charge in [0.2, 0.25) is 0 Å². The van der Waals surface area contributed by atoms with Crippen molar-refractivity contribution in [2.24, 2.45) is 0 Å². The fourth-order valence-electron chi connectivity index (χ4n) is 1.95. The van der Waals surface area contributed by atoms with Crippen LogP contribution in [0.1, 0.15) is 21.6 Å². The van der Waals surface area contributed by atoms with Gasteiger partial charge < -0.3 is 11.1 Å². The van der Waals surface area contributed by atoms with Crippen molar-refractivity contribution in [3.05, 3.63) is 58.0 Å². The number of pyridine rings is 1. The van der Waals surface area contributed by atoms with Crippen molar-refractivity contribution < 1.29 is 9.18 Å². The maximum Gasteiger partial charge on any atom is 0.271 e. The summed E-state index contributed by atoms with van der Waals surface area (Å²) >= 11 is 5.91. The number of anilines is 1. The van der Waals surface area contributed by atoms with Crippen molar-refractivity contribution in [2.45, 2.75) is 13.3 Å². The molecular weight excluding hydrogens is 293 g/mol. The highest BCUT2D eigenvalue weighted by Gasteiger charge is 2.12. The zero-order chi connectivity index (χ0) is 15.4. The Hall–Kier alpha value is -2.14. The smallest absolute Gasteiger partial charge is 0.271 e. The minimum absolute atomic E-state index is 0.104. The van der Waals surface area contributed by atoms with Gasteiger partial charge in [-0.15, -0.1) is 0 Å².